The van der Waals surface area contributed by atoms with E-state index in [4.69, 9.17) is 5.73 Å². The van der Waals surface area contributed by atoms with Crippen LogP contribution in [0.15, 0.2) is 24.4 Å². The van der Waals surface area contributed by atoms with E-state index in [1.165, 1.54) is 11.8 Å². The van der Waals surface area contributed by atoms with Crippen LogP contribution in [-0.4, -0.2) is 54.3 Å². The Morgan fingerprint density at radius 1 is 1.20 bits per heavy atom. The van der Waals surface area contributed by atoms with Gasteiger partial charge in [-0.3, -0.25) is 4.90 Å². The van der Waals surface area contributed by atoms with E-state index in [1.807, 2.05) is 23.1 Å². The lowest BCUT2D eigenvalue weighted by molar-refractivity contribution is -0.188. The van der Waals surface area contributed by atoms with Crippen LogP contribution in [0, 0.1) is 0 Å². The van der Waals surface area contributed by atoms with Crippen molar-refractivity contribution >= 4 is 5.82 Å². The van der Waals surface area contributed by atoms with Gasteiger partial charge in [-0.1, -0.05) is 6.07 Å². The van der Waals surface area contributed by atoms with Gasteiger partial charge in [0, 0.05) is 38.4 Å². The van der Waals surface area contributed by atoms with E-state index in [1.54, 1.807) is 6.20 Å². The Bertz CT molecular complexity index is 413. The quantitative estimate of drug-likeness (QED) is 0.915. The average molecular weight is 288 g/mol. The van der Waals surface area contributed by atoms with Crippen LogP contribution in [0.1, 0.15) is 6.92 Å². The van der Waals surface area contributed by atoms with Gasteiger partial charge in [-0.05, 0) is 19.1 Å². The van der Waals surface area contributed by atoms with Gasteiger partial charge in [-0.25, -0.2) is 4.98 Å². The largest absolute Gasteiger partial charge is 0.405 e. The van der Waals surface area contributed by atoms with Gasteiger partial charge in [0.2, 0.25) is 0 Å². The number of hydrogen-bond acceptors (Lipinski definition) is 4. The van der Waals surface area contributed by atoms with Crippen LogP contribution in [0.4, 0.5) is 19.0 Å². The molecule has 1 aliphatic rings. The summed E-state index contributed by atoms with van der Waals surface area (Å²) in [7, 11) is 0. The van der Waals surface area contributed by atoms with Crippen LogP contribution in [0.5, 0.6) is 0 Å². The molecular weight excluding hydrogens is 269 g/mol. The van der Waals surface area contributed by atoms with Crippen molar-refractivity contribution in [3.8, 4) is 0 Å². The summed E-state index contributed by atoms with van der Waals surface area (Å²) in [5.41, 5.74) is 5.51. The Balaban J connectivity index is 2.00. The standard InChI is InChI=1S/C13H19F3N4/c1-10(17)12(13(14,15)16)20-8-6-19(7-9-20)11-4-2-3-5-18-11/h2-5,10,12H,6-9,17H2,1H3. The highest BCUT2D eigenvalue weighted by atomic mass is 19.4. The Morgan fingerprint density at radius 2 is 1.85 bits per heavy atom. The third-order valence-electron chi connectivity index (χ3n) is 3.51. The van der Waals surface area contributed by atoms with E-state index in [0.717, 1.165) is 5.82 Å². The van der Waals surface area contributed by atoms with Gasteiger partial charge in [0.1, 0.15) is 11.9 Å². The molecule has 4 nitrogen and oxygen atoms in total. The predicted molar refractivity (Wildman–Crippen MR) is 71.5 cm³/mol. The number of nitrogens with zero attached hydrogens (tertiary/aromatic N) is 3. The molecule has 2 atom stereocenters. The molecule has 20 heavy (non-hydrogen) atoms. The summed E-state index contributed by atoms with van der Waals surface area (Å²) in [6.07, 6.45) is -2.61. The molecule has 0 radical (unpaired) electrons. The molecule has 1 aliphatic heterocycles. The smallest absolute Gasteiger partial charge is 0.354 e. The highest BCUT2D eigenvalue weighted by Crippen LogP contribution is 2.28. The number of halogens is 3. The van der Waals surface area contributed by atoms with Crippen LogP contribution < -0.4 is 10.6 Å². The first-order chi connectivity index (χ1) is 9.39. The number of hydrogen-bond donors (Lipinski definition) is 1. The predicted octanol–water partition coefficient (Wildman–Crippen LogP) is 1.48. The van der Waals surface area contributed by atoms with Crippen LogP contribution >= 0.6 is 0 Å². The van der Waals surface area contributed by atoms with E-state index in [-0.39, 0.29) is 0 Å². The van der Waals surface area contributed by atoms with Gasteiger partial charge < -0.3 is 10.6 Å². The molecule has 2 rings (SSSR count). The number of rotatable bonds is 3. The molecule has 1 fully saturated rings. The first-order valence-electron chi connectivity index (χ1n) is 6.62. The molecule has 7 heteroatoms. The molecule has 0 aromatic carbocycles. The molecule has 0 aliphatic carbocycles. The minimum atomic E-state index is -4.29. The molecular formula is C13H19F3N4. The molecule has 0 spiro atoms. The summed E-state index contributed by atoms with van der Waals surface area (Å²) >= 11 is 0. The van der Waals surface area contributed by atoms with E-state index < -0.39 is 18.3 Å². The molecule has 2 heterocycles. The molecule has 0 amide bonds. The van der Waals surface area contributed by atoms with Crippen LogP contribution in [0.3, 0.4) is 0 Å². The van der Waals surface area contributed by atoms with Crippen molar-refractivity contribution in [3.63, 3.8) is 0 Å². The molecule has 1 aromatic rings. The van der Waals surface area contributed by atoms with Crippen LogP contribution in [-0.2, 0) is 0 Å². The minimum absolute atomic E-state index is 0.336. The van der Waals surface area contributed by atoms with Gasteiger partial charge >= 0.3 is 6.18 Å². The number of alkyl halides is 3. The molecule has 112 valence electrons. The maximum Gasteiger partial charge on any atom is 0.405 e. The van der Waals surface area contributed by atoms with Crippen molar-refractivity contribution in [3.05, 3.63) is 24.4 Å². The zero-order valence-electron chi connectivity index (χ0n) is 11.3. The lowest BCUT2D eigenvalue weighted by Crippen LogP contribution is -2.60. The fraction of sp³-hybridized carbons (Fsp3) is 0.615. The molecule has 2 unspecified atom stereocenters. The number of anilines is 1. The number of aromatic nitrogens is 1. The topological polar surface area (TPSA) is 45.4 Å². The molecule has 1 aromatic heterocycles. The maximum atomic E-state index is 13.0. The lowest BCUT2D eigenvalue weighted by Gasteiger charge is -2.41. The summed E-state index contributed by atoms with van der Waals surface area (Å²) in [4.78, 5) is 7.63. The van der Waals surface area contributed by atoms with Gasteiger partial charge in [0.25, 0.3) is 0 Å². The monoisotopic (exact) mass is 288 g/mol. The fourth-order valence-electron chi connectivity index (χ4n) is 2.61. The van der Waals surface area contributed by atoms with Crippen LogP contribution in [0.2, 0.25) is 0 Å². The van der Waals surface area contributed by atoms with Crippen molar-refractivity contribution in [2.75, 3.05) is 31.1 Å². The molecule has 1 saturated heterocycles. The van der Waals surface area contributed by atoms with E-state index in [0.29, 0.717) is 26.2 Å². The van der Waals surface area contributed by atoms with Crippen molar-refractivity contribution in [2.45, 2.75) is 25.2 Å². The zero-order chi connectivity index (χ0) is 14.8. The second-order valence-electron chi connectivity index (χ2n) is 5.06. The van der Waals surface area contributed by atoms with E-state index in [2.05, 4.69) is 4.98 Å². The minimum Gasteiger partial charge on any atom is -0.354 e. The normalized spacial score (nSPS) is 20.8. The summed E-state index contributed by atoms with van der Waals surface area (Å²) in [6.45, 7) is 3.13. The number of piperazine rings is 1. The van der Waals surface area contributed by atoms with Gasteiger partial charge in [-0.2, -0.15) is 13.2 Å². The van der Waals surface area contributed by atoms with Gasteiger partial charge in [0.05, 0.1) is 0 Å². The van der Waals surface area contributed by atoms with Crippen molar-refractivity contribution in [2.24, 2.45) is 5.73 Å². The number of pyridine rings is 1. The molecule has 2 N–H and O–H groups in total. The highest BCUT2D eigenvalue weighted by Gasteiger charge is 2.46. The van der Waals surface area contributed by atoms with Crippen molar-refractivity contribution < 1.29 is 13.2 Å². The summed E-state index contributed by atoms with van der Waals surface area (Å²) in [5, 5.41) is 0. The average Bonchev–Trinajstić information content (AvgIpc) is 2.38. The second-order valence-corrected chi connectivity index (χ2v) is 5.06. The second kappa shape index (κ2) is 5.97. The molecule has 0 bridgehead atoms. The van der Waals surface area contributed by atoms with Crippen molar-refractivity contribution in [1.82, 2.24) is 9.88 Å². The molecule has 0 saturated carbocycles. The first kappa shape index (κ1) is 15.1. The summed E-state index contributed by atoms with van der Waals surface area (Å²) < 4.78 is 39.1. The third kappa shape index (κ3) is 3.40. The summed E-state index contributed by atoms with van der Waals surface area (Å²) in [5.74, 6) is 0.802. The van der Waals surface area contributed by atoms with Crippen LogP contribution in [0.25, 0.3) is 0 Å². The SMILES string of the molecule is CC(N)C(N1CCN(c2ccccn2)CC1)C(F)(F)F. The Hall–Kier alpha value is -1.34. The highest BCUT2D eigenvalue weighted by molar-refractivity contribution is 5.38. The zero-order valence-corrected chi connectivity index (χ0v) is 11.3. The summed E-state index contributed by atoms with van der Waals surface area (Å²) in [6, 6.07) is 3.04. The van der Waals surface area contributed by atoms with Gasteiger partial charge in [-0.15, -0.1) is 0 Å². The van der Waals surface area contributed by atoms with E-state index >= 15 is 0 Å². The Morgan fingerprint density at radius 3 is 2.30 bits per heavy atom. The van der Waals surface area contributed by atoms with E-state index in [9.17, 15) is 13.2 Å². The van der Waals surface area contributed by atoms with Gasteiger partial charge in [0.15, 0.2) is 0 Å². The fourth-order valence-corrected chi connectivity index (χ4v) is 2.61. The lowest BCUT2D eigenvalue weighted by atomic mass is 10.1. The van der Waals surface area contributed by atoms with Crippen molar-refractivity contribution in [1.29, 1.82) is 0 Å². The first-order valence-corrected chi connectivity index (χ1v) is 6.62. The Labute approximate surface area is 116 Å². The maximum absolute atomic E-state index is 13.0. The third-order valence-corrected chi connectivity index (χ3v) is 3.51. The Kier molecular flexibility index (Phi) is 4.49. The number of nitrogens with two attached hydrogens (primary N) is 1.